The van der Waals surface area contributed by atoms with E-state index in [4.69, 9.17) is 27.4 Å². The number of hydrogen-bond acceptors (Lipinski definition) is 4. The van der Waals surface area contributed by atoms with Crippen molar-refractivity contribution in [2.75, 3.05) is 26.3 Å². The number of amides is 1. The number of ether oxygens (including phenoxy) is 2. The average molecular weight is 294 g/mol. The van der Waals surface area contributed by atoms with Crippen molar-refractivity contribution in [2.24, 2.45) is 5.73 Å². The SMILES string of the molecule is CC(Oc1ccccc1C(N)=S)C(=O)N1CCOCC1. The highest BCUT2D eigenvalue weighted by molar-refractivity contribution is 7.80. The topological polar surface area (TPSA) is 64.8 Å². The number of hydrogen-bond donors (Lipinski definition) is 1. The van der Waals surface area contributed by atoms with Crippen molar-refractivity contribution >= 4 is 23.1 Å². The van der Waals surface area contributed by atoms with Gasteiger partial charge >= 0.3 is 0 Å². The van der Waals surface area contributed by atoms with Crippen LogP contribution in [0, 0.1) is 0 Å². The molecule has 0 saturated carbocycles. The first-order valence-corrected chi connectivity index (χ1v) is 6.92. The fourth-order valence-corrected chi connectivity index (χ4v) is 2.22. The maximum Gasteiger partial charge on any atom is 0.263 e. The van der Waals surface area contributed by atoms with Crippen LogP contribution >= 0.6 is 12.2 Å². The maximum absolute atomic E-state index is 12.3. The van der Waals surface area contributed by atoms with Gasteiger partial charge in [-0.3, -0.25) is 4.79 Å². The molecule has 1 aliphatic heterocycles. The average Bonchev–Trinajstić information content (AvgIpc) is 2.47. The molecule has 20 heavy (non-hydrogen) atoms. The maximum atomic E-state index is 12.3. The summed E-state index contributed by atoms with van der Waals surface area (Å²) in [5.41, 5.74) is 6.29. The third kappa shape index (κ3) is 3.46. The minimum Gasteiger partial charge on any atom is -0.480 e. The summed E-state index contributed by atoms with van der Waals surface area (Å²) in [7, 11) is 0. The van der Waals surface area contributed by atoms with E-state index in [0.717, 1.165) is 0 Å². The standard InChI is InChI=1S/C14H18N2O3S/c1-10(14(17)16-6-8-18-9-7-16)19-12-5-3-2-4-11(12)13(15)20/h2-5,10H,6-9H2,1H3,(H2,15,20). The van der Waals surface area contributed by atoms with Gasteiger partial charge in [0.05, 0.1) is 18.8 Å². The summed E-state index contributed by atoms with van der Waals surface area (Å²) in [4.78, 5) is 14.3. The van der Waals surface area contributed by atoms with Gasteiger partial charge in [0.15, 0.2) is 6.10 Å². The van der Waals surface area contributed by atoms with Crippen LogP contribution in [0.5, 0.6) is 5.75 Å². The Bertz CT molecular complexity index is 501. The van der Waals surface area contributed by atoms with Gasteiger partial charge in [-0.25, -0.2) is 0 Å². The van der Waals surface area contributed by atoms with Crippen LogP contribution in [-0.2, 0) is 9.53 Å². The molecule has 1 fully saturated rings. The zero-order valence-electron chi connectivity index (χ0n) is 11.4. The molecule has 108 valence electrons. The second-order valence-electron chi connectivity index (χ2n) is 4.56. The molecule has 2 rings (SSSR count). The lowest BCUT2D eigenvalue weighted by molar-refractivity contribution is -0.142. The number of carbonyl (C=O) groups is 1. The predicted molar refractivity (Wildman–Crippen MR) is 79.8 cm³/mol. The number of benzene rings is 1. The number of para-hydroxylation sites is 1. The van der Waals surface area contributed by atoms with Gasteiger partial charge in [-0.1, -0.05) is 24.4 Å². The van der Waals surface area contributed by atoms with Crippen LogP contribution in [0.1, 0.15) is 12.5 Å². The summed E-state index contributed by atoms with van der Waals surface area (Å²) >= 11 is 4.98. The van der Waals surface area contributed by atoms with E-state index >= 15 is 0 Å². The number of rotatable bonds is 4. The van der Waals surface area contributed by atoms with Gasteiger partial charge in [0.1, 0.15) is 10.7 Å². The molecular weight excluding hydrogens is 276 g/mol. The minimum absolute atomic E-state index is 0.0500. The Morgan fingerprint density at radius 2 is 2.05 bits per heavy atom. The molecule has 1 amide bonds. The van der Waals surface area contributed by atoms with Crippen molar-refractivity contribution in [1.82, 2.24) is 4.90 Å². The van der Waals surface area contributed by atoms with Crippen molar-refractivity contribution in [1.29, 1.82) is 0 Å². The molecule has 1 unspecified atom stereocenters. The van der Waals surface area contributed by atoms with E-state index in [0.29, 0.717) is 37.6 Å². The number of nitrogens with zero attached hydrogens (tertiary/aromatic N) is 1. The molecular formula is C14H18N2O3S. The minimum atomic E-state index is -0.580. The van der Waals surface area contributed by atoms with Gasteiger partial charge in [-0.2, -0.15) is 0 Å². The van der Waals surface area contributed by atoms with Crippen molar-refractivity contribution in [3.63, 3.8) is 0 Å². The molecule has 1 atom stereocenters. The highest BCUT2D eigenvalue weighted by Crippen LogP contribution is 2.19. The summed E-state index contributed by atoms with van der Waals surface area (Å²) in [6.45, 7) is 4.07. The quantitative estimate of drug-likeness (QED) is 0.838. The van der Waals surface area contributed by atoms with Gasteiger partial charge in [0.25, 0.3) is 5.91 Å². The number of thiocarbonyl (C=S) groups is 1. The second kappa shape index (κ2) is 6.67. The van der Waals surface area contributed by atoms with Crippen LogP contribution in [0.15, 0.2) is 24.3 Å². The van der Waals surface area contributed by atoms with E-state index in [1.807, 2.05) is 12.1 Å². The Labute approximate surface area is 123 Å². The van der Waals surface area contributed by atoms with E-state index in [9.17, 15) is 4.79 Å². The molecule has 0 aromatic heterocycles. The first-order chi connectivity index (χ1) is 9.59. The second-order valence-corrected chi connectivity index (χ2v) is 5.00. The molecule has 1 aromatic rings. The number of carbonyl (C=O) groups excluding carboxylic acids is 1. The zero-order valence-corrected chi connectivity index (χ0v) is 12.2. The fourth-order valence-electron chi connectivity index (χ4n) is 2.05. The van der Waals surface area contributed by atoms with Crippen molar-refractivity contribution in [3.8, 4) is 5.75 Å². The summed E-state index contributed by atoms with van der Waals surface area (Å²) in [6, 6.07) is 7.19. The third-order valence-electron chi connectivity index (χ3n) is 3.13. The van der Waals surface area contributed by atoms with Crippen molar-refractivity contribution in [3.05, 3.63) is 29.8 Å². The lowest BCUT2D eigenvalue weighted by Crippen LogP contribution is -2.46. The molecule has 0 aliphatic carbocycles. The summed E-state index contributed by atoms with van der Waals surface area (Å²) in [5.74, 6) is 0.486. The Kier molecular flexibility index (Phi) is 4.92. The van der Waals surface area contributed by atoms with Gasteiger partial charge in [0.2, 0.25) is 0 Å². The highest BCUT2D eigenvalue weighted by atomic mass is 32.1. The van der Waals surface area contributed by atoms with Crippen molar-refractivity contribution < 1.29 is 14.3 Å². The van der Waals surface area contributed by atoms with Gasteiger partial charge in [-0.05, 0) is 19.1 Å². The Balaban J connectivity index is 2.05. The number of nitrogens with two attached hydrogens (primary N) is 1. The van der Waals surface area contributed by atoms with E-state index in [2.05, 4.69) is 0 Å². The van der Waals surface area contributed by atoms with Gasteiger partial charge in [-0.15, -0.1) is 0 Å². The van der Waals surface area contributed by atoms with E-state index in [-0.39, 0.29) is 10.9 Å². The first-order valence-electron chi connectivity index (χ1n) is 6.51. The highest BCUT2D eigenvalue weighted by Gasteiger charge is 2.24. The van der Waals surface area contributed by atoms with Crippen molar-refractivity contribution in [2.45, 2.75) is 13.0 Å². The fraction of sp³-hybridized carbons (Fsp3) is 0.429. The first kappa shape index (κ1) is 14.7. The summed E-state index contributed by atoms with van der Waals surface area (Å²) in [5, 5.41) is 0. The largest absolute Gasteiger partial charge is 0.480 e. The molecule has 6 heteroatoms. The monoisotopic (exact) mass is 294 g/mol. The van der Waals surface area contributed by atoms with Crippen LogP contribution in [0.25, 0.3) is 0 Å². The van der Waals surface area contributed by atoms with E-state index in [1.165, 1.54) is 0 Å². The van der Waals surface area contributed by atoms with E-state index < -0.39 is 6.10 Å². The molecule has 5 nitrogen and oxygen atoms in total. The Morgan fingerprint density at radius 3 is 2.70 bits per heavy atom. The molecule has 1 saturated heterocycles. The lowest BCUT2D eigenvalue weighted by atomic mass is 10.2. The van der Waals surface area contributed by atoms with Crippen LogP contribution in [0.3, 0.4) is 0 Å². The summed E-state index contributed by atoms with van der Waals surface area (Å²) in [6.07, 6.45) is -0.580. The molecule has 2 N–H and O–H groups in total. The molecule has 0 bridgehead atoms. The van der Waals surface area contributed by atoms with Crippen LogP contribution < -0.4 is 10.5 Å². The van der Waals surface area contributed by atoms with E-state index in [1.54, 1.807) is 24.0 Å². The van der Waals surface area contributed by atoms with Crippen LogP contribution in [0.4, 0.5) is 0 Å². The Morgan fingerprint density at radius 1 is 1.40 bits per heavy atom. The normalized spacial score (nSPS) is 16.6. The third-order valence-corrected chi connectivity index (χ3v) is 3.35. The molecule has 0 spiro atoms. The summed E-state index contributed by atoms with van der Waals surface area (Å²) < 4.78 is 11.0. The smallest absolute Gasteiger partial charge is 0.263 e. The van der Waals surface area contributed by atoms with Gasteiger partial charge in [0, 0.05) is 13.1 Å². The molecule has 1 aromatic carbocycles. The predicted octanol–water partition coefficient (Wildman–Crippen LogP) is 0.947. The molecule has 1 aliphatic rings. The Hall–Kier alpha value is -1.66. The zero-order chi connectivity index (χ0) is 14.5. The van der Waals surface area contributed by atoms with Crippen LogP contribution in [0.2, 0.25) is 0 Å². The molecule has 0 radical (unpaired) electrons. The number of morpholine rings is 1. The lowest BCUT2D eigenvalue weighted by Gasteiger charge is -2.29. The van der Waals surface area contributed by atoms with Gasteiger partial charge < -0.3 is 20.1 Å². The molecule has 1 heterocycles. The van der Waals surface area contributed by atoms with Crippen LogP contribution in [-0.4, -0.2) is 48.2 Å².